The van der Waals surface area contributed by atoms with Gasteiger partial charge in [-0.15, -0.1) is 0 Å². The molecule has 273 valence electrons. The number of carbonyl (C=O) groups excluding carboxylic acids is 2. The fourth-order valence-corrected chi connectivity index (χ4v) is 13.3. The molecule has 0 aromatic carbocycles. The highest BCUT2D eigenvalue weighted by atomic mass is 16.6. The van der Waals surface area contributed by atoms with Crippen LogP contribution in [0.15, 0.2) is 0 Å². The van der Waals surface area contributed by atoms with E-state index in [2.05, 4.69) is 65.6 Å². The average molecular weight is 681 g/mol. The first-order chi connectivity index (χ1) is 23.1. The van der Waals surface area contributed by atoms with Gasteiger partial charge in [0.15, 0.2) is 0 Å². The van der Waals surface area contributed by atoms with Crippen LogP contribution in [0.4, 0.5) is 9.59 Å². The molecular weight excluding hydrogens is 618 g/mol. The normalized spacial score (nSPS) is 45.5. The monoisotopic (exact) mass is 680 g/mol. The molecule has 0 bridgehead atoms. The van der Waals surface area contributed by atoms with E-state index in [0.29, 0.717) is 5.92 Å². The predicted octanol–water partition coefficient (Wildman–Crippen LogP) is 6.75. The summed E-state index contributed by atoms with van der Waals surface area (Å²) in [4.78, 5) is 30.0. The van der Waals surface area contributed by atoms with E-state index in [0.717, 1.165) is 89.9 Å². The quantitative estimate of drug-likeness (QED) is 0.320. The Morgan fingerprint density at radius 3 is 2.47 bits per heavy atom. The minimum Gasteiger partial charge on any atom is -0.446 e. The molecular formula is C40H62N3O6. The molecule has 2 amide bonds. The molecule has 2 N–H and O–H groups in total. The Balaban J connectivity index is 1.00. The van der Waals surface area contributed by atoms with E-state index in [1.807, 2.05) is 0 Å². The molecule has 1 unspecified atom stereocenters. The number of aliphatic hydroxyl groups excluding tert-OH is 1. The van der Waals surface area contributed by atoms with E-state index in [-0.39, 0.29) is 69.2 Å². The van der Waals surface area contributed by atoms with Crippen molar-refractivity contribution in [1.82, 2.24) is 15.1 Å². The SMILES string of the molecule is CCN1CC(NC(=O)OC2CC[C@]34C[C@]35CC[C@]3(C)[C@@H]6[C](O[C]([C@H](OC(=O)N7CCC7)C(C)C)C[C@H]6C)[C@H](O)[C@@]3(C)[C]5CC[C@H]4C2(C)C)C1. The molecule has 3 aliphatic heterocycles. The average Bonchev–Trinajstić information content (AvgIpc) is 3.62. The molecule has 5 aliphatic carbocycles. The van der Waals surface area contributed by atoms with Gasteiger partial charge in [0.2, 0.25) is 0 Å². The summed E-state index contributed by atoms with van der Waals surface area (Å²) >= 11 is 0. The maximum atomic E-state index is 13.0. The number of hydrogen-bond acceptors (Lipinski definition) is 7. The Labute approximate surface area is 294 Å². The first-order valence-corrected chi connectivity index (χ1v) is 19.7. The zero-order valence-electron chi connectivity index (χ0n) is 31.4. The molecule has 3 saturated heterocycles. The summed E-state index contributed by atoms with van der Waals surface area (Å²) in [5.74, 6) is 2.60. The fraction of sp³-hybridized carbons (Fsp3) is 0.875. The number of fused-ring (bicyclic) bond motifs is 4. The first-order valence-electron chi connectivity index (χ1n) is 19.7. The van der Waals surface area contributed by atoms with E-state index in [4.69, 9.17) is 14.2 Å². The third-order valence-corrected chi connectivity index (χ3v) is 16.2. The van der Waals surface area contributed by atoms with E-state index in [1.165, 1.54) is 12.8 Å². The van der Waals surface area contributed by atoms with Gasteiger partial charge in [0, 0.05) is 42.9 Å². The van der Waals surface area contributed by atoms with Crippen molar-refractivity contribution in [2.75, 3.05) is 32.7 Å². The summed E-state index contributed by atoms with van der Waals surface area (Å²) in [6, 6.07) is 0.192. The number of likely N-dealkylation sites (N-methyl/N-ethyl adjacent to an activating group) is 1. The molecule has 0 aromatic rings. The number of aliphatic hydroxyl groups is 1. The van der Waals surface area contributed by atoms with Gasteiger partial charge in [-0.25, -0.2) is 9.59 Å². The summed E-state index contributed by atoms with van der Waals surface area (Å²) in [6.45, 7) is 22.5. The lowest BCUT2D eigenvalue weighted by atomic mass is 9.41. The van der Waals surface area contributed by atoms with E-state index < -0.39 is 12.2 Å². The first kappa shape index (κ1) is 34.5. The molecule has 3 heterocycles. The van der Waals surface area contributed by atoms with Crippen LogP contribution >= 0.6 is 0 Å². The van der Waals surface area contributed by atoms with Crippen LogP contribution < -0.4 is 5.32 Å². The van der Waals surface area contributed by atoms with E-state index in [1.54, 1.807) is 10.8 Å². The third-order valence-electron chi connectivity index (χ3n) is 16.2. The van der Waals surface area contributed by atoms with Crippen LogP contribution in [-0.4, -0.2) is 84.2 Å². The topological polar surface area (TPSA) is 101 Å². The molecule has 8 rings (SSSR count). The van der Waals surface area contributed by atoms with Crippen molar-refractivity contribution in [3.63, 3.8) is 0 Å². The molecule has 8 fully saturated rings. The standard InChI is InChI=1S/C40H62N3O6/c1-9-42-20-25(21-42)41-34(45)48-29-13-14-39-22-40(39)16-15-37(7)30-24(4)19-26(31(23(2)3)49-35(46)43-17-10-18-43)47-32(30)33(44)38(37,8)28(40)12-11-27(39)36(29,5)6/h23-25,27,29-31,33,44H,9-22H2,1-8H3,(H,41,45)/t24-,27+,29?,30+,31-,33+,37-,38-,39-,40+/m1/s1. The second-order valence-electron chi connectivity index (χ2n) is 19.0. The summed E-state index contributed by atoms with van der Waals surface area (Å²) in [7, 11) is 0. The van der Waals surface area contributed by atoms with Crippen LogP contribution in [0.1, 0.15) is 113 Å². The lowest BCUT2D eigenvalue weighted by Gasteiger charge is -2.63. The molecule has 8 aliphatic rings. The van der Waals surface area contributed by atoms with Crippen LogP contribution in [0.25, 0.3) is 0 Å². The van der Waals surface area contributed by atoms with Crippen molar-refractivity contribution in [3.05, 3.63) is 18.1 Å². The second-order valence-corrected chi connectivity index (χ2v) is 19.0. The second kappa shape index (κ2) is 11.5. The Morgan fingerprint density at radius 1 is 1.08 bits per heavy atom. The summed E-state index contributed by atoms with van der Waals surface area (Å²) in [5, 5.41) is 15.7. The van der Waals surface area contributed by atoms with Crippen LogP contribution in [-0.2, 0) is 14.2 Å². The van der Waals surface area contributed by atoms with Crippen molar-refractivity contribution >= 4 is 12.2 Å². The number of nitrogens with zero attached hydrogens (tertiary/aromatic N) is 2. The summed E-state index contributed by atoms with van der Waals surface area (Å²) in [5.41, 5.74) is -0.233. The maximum absolute atomic E-state index is 13.0. The molecule has 5 saturated carbocycles. The molecule has 9 heteroatoms. The highest BCUT2D eigenvalue weighted by Gasteiger charge is 2.85. The van der Waals surface area contributed by atoms with Gasteiger partial charge in [0.1, 0.15) is 24.4 Å². The molecule has 49 heavy (non-hydrogen) atoms. The van der Waals surface area contributed by atoms with Crippen molar-refractivity contribution in [1.29, 1.82) is 0 Å². The zero-order valence-corrected chi connectivity index (χ0v) is 31.4. The molecule has 2 spiro atoms. The lowest BCUT2D eigenvalue weighted by molar-refractivity contribution is -0.126. The minimum absolute atomic E-state index is 0.0778. The predicted molar refractivity (Wildman–Crippen MR) is 185 cm³/mol. The highest BCUT2D eigenvalue weighted by molar-refractivity contribution is 5.69. The van der Waals surface area contributed by atoms with Gasteiger partial charge >= 0.3 is 12.2 Å². The Morgan fingerprint density at radius 2 is 1.82 bits per heavy atom. The third kappa shape index (κ3) is 4.65. The van der Waals surface area contributed by atoms with Crippen LogP contribution in [0.5, 0.6) is 0 Å². The number of nitrogens with one attached hydrogen (secondary N) is 1. The number of alkyl carbamates (subject to hydrolysis) is 1. The number of hydrogen-bond donors (Lipinski definition) is 2. The summed E-state index contributed by atoms with van der Waals surface area (Å²) < 4.78 is 19.2. The zero-order chi connectivity index (χ0) is 34.9. The number of carbonyl (C=O) groups is 2. The number of ether oxygens (including phenoxy) is 3. The lowest BCUT2D eigenvalue weighted by Crippen LogP contribution is -2.61. The molecule has 0 aromatic heterocycles. The largest absolute Gasteiger partial charge is 0.446 e. The van der Waals surface area contributed by atoms with E-state index in [9.17, 15) is 14.7 Å². The molecule has 10 atom stereocenters. The highest BCUT2D eigenvalue weighted by Crippen LogP contribution is 2.90. The van der Waals surface area contributed by atoms with Crippen molar-refractivity contribution in [2.45, 2.75) is 138 Å². The molecule has 9 nitrogen and oxygen atoms in total. The van der Waals surface area contributed by atoms with Gasteiger partial charge < -0.3 is 29.5 Å². The van der Waals surface area contributed by atoms with Crippen LogP contribution in [0, 0.1) is 68.9 Å². The van der Waals surface area contributed by atoms with E-state index >= 15 is 0 Å². The Bertz CT molecular complexity index is 1330. The number of rotatable bonds is 6. The fourth-order valence-electron chi connectivity index (χ4n) is 13.3. The van der Waals surface area contributed by atoms with Crippen LogP contribution in [0.3, 0.4) is 0 Å². The maximum Gasteiger partial charge on any atom is 0.410 e. The Kier molecular flexibility index (Phi) is 8.07. The summed E-state index contributed by atoms with van der Waals surface area (Å²) in [6.07, 6.45) is 9.22. The molecule has 3 radical (unpaired) electrons. The van der Waals surface area contributed by atoms with Crippen molar-refractivity contribution in [3.8, 4) is 0 Å². The minimum atomic E-state index is -0.688. The van der Waals surface area contributed by atoms with Gasteiger partial charge in [-0.2, -0.15) is 0 Å². The van der Waals surface area contributed by atoms with Crippen molar-refractivity contribution < 1.29 is 28.9 Å². The van der Waals surface area contributed by atoms with Gasteiger partial charge in [-0.05, 0) is 104 Å². The van der Waals surface area contributed by atoms with Gasteiger partial charge in [0.25, 0.3) is 0 Å². The smallest absolute Gasteiger partial charge is 0.410 e. The van der Waals surface area contributed by atoms with Gasteiger partial charge in [-0.3, -0.25) is 4.90 Å². The van der Waals surface area contributed by atoms with Gasteiger partial charge in [-0.1, -0.05) is 55.4 Å². The van der Waals surface area contributed by atoms with Crippen molar-refractivity contribution in [2.24, 2.45) is 50.7 Å². The number of likely N-dealkylation sites (tertiary alicyclic amines) is 2. The van der Waals surface area contributed by atoms with Crippen LogP contribution in [0.2, 0.25) is 0 Å². The Hall–Kier alpha value is -1.58. The number of amides is 2. The van der Waals surface area contributed by atoms with Gasteiger partial charge in [0.05, 0.1) is 12.1 Å².